The first kappa shape index (κ1) is 14.5. The fourth-order valence-electron chi connectivity index (χ4n) is 3.03. The second-order valence-corrected chi connectivity index (χ2v) is 7.54. The van der Waals surface area contributed by atoms with Gasteiger partial charge in [0.25, 0.3) is 0 Å². The summed E-state index contributed by atoms with van der Waals surface area (Å²) in [7, 11) is 0. The molecule has 0 saturated carbocycles. The molecule has 1 fully saturated rings. The molecule has 0 radical (unpaired) electrons. The SMILES string of the molecule is CC1(C)CN(C(=O)Cc2csc3ccccc23)CCC1N. The van der Waals surface area contributed by atoms with Crippen LogP contribution in [0.4, 0.5) is 0 Å². The zero-order chi connectivity index (χ0) is 15.0. The first-order valence-electron chi connectivity index (χ1n) is 7.46. The van der Waals surface area contributed by atoms with Gasteiger partial charge in [0.05, 0.1) is 6.42 Å². The van der Waals surface area contributed by atoms with Crippen LogP contribution in [-0.2, 0) is 11.2 Å². The number of hydrogen-bond acceptors (Lipinski definition) is 3. The summed E-state index contributed by atoms with van der Waals surface area (Å²) in [6, 6.07) is 8.47. The molecule has 21 heavy (non-hydrogen) atoms. The van der Waals surface area contributed by atoms with Gasteiger partial charge in [-0.25, -0.2) is 0 Å². The highest BCUT2D eigenvalue weighted by molar-refractivity contribution is 7.17. The highest BCUT2D eigenvalue weighted by Crippen LogP contribution is 2.30. The number of carbonyl (C=O) groups excluding carboxylic acids is 1. The summed E-state index contributed by atoms with van der Waals surface area (Å²) in [6.45, 7) is 5.84. The number of nitrogens with two attached hydrogens (primary N) is 1. The first-order valence-corrected chi connectivity index (χ1v) is 8.34. The summed E-state index contributed by atoms with van der Waals surface area (Å²) in [5.74, 6) is 0.221. The number of rotatable bonds is 2. The lowest BCUT2D eigenvalue weighted by molar-refractivity contribution is -0.133. The molecular formula is C17H22N2OS. The lowest BCUT2D eigenvalue weighted by Gasteiger charge is -2.42. The molecule has 0 bridgehead atoms. The summed E-state index contributed by atoms with van der Waals surface area (Å²) in [4.78, 5) is 14.6. The summed E-state index contributed by atoms with van der Waals surface area (Å²) < 4.78 is 1.25. The van der Waals surface area contributed by atoms with E-state index in [1.54, 1.807) is 11.3 Å². The minimum Gasteiger partial charge on any atom is -0.342 e. The van der Waals surface area contributed by atoms with Gasteiger partial charge in [0, 0.05) is 23.8 Å². The number of carbonyl (C=O) groups is 1. The van der Waals surface area contributed by atoms with Crippen molar-refractivity contribution in [3.8, 4) is 0 Å². The Morgan fingerprint density at radius 3 is 2.95 bits per heavy atom. The third kappa shape index (κ3) is 2.83. The number of nitrogens with zero attached hydrogens (tertiary/aromatic N) is 1. The van der Waals surface area contributed by atoms with Crippen LogP contribution in [0, 0.1) is 5.41 Å². The van der Waals surface area contributed by atoms with Gasteiger partial charge >= 0.3 is 0 Å². The summed E-state index contributed by atoms with van der Waals surface area (Å²) >= 11 is 1.71. The van der Waals surface area contributed by atoms with Crippen LogP contribution >= 0.6 is 11.3 Å². The Labute approximate surface area is 129 Å². The third-order valence-corrected chi connectivity index (χ3v) is 5.58. The van der Waals surface area contributed by atoms with E-state index >= 15 is 0 Å². The van der Waals surface area contributed by atoms with E-state index in [1.165, 1.54) is 10.1 Å². The fraction of sp³-hybridized carbons (Fsp3) is 0.471. The second kappa shape index (κ2) is 5.43. The Balaban J connectivity index is 1.75. The molecule has 2 N–H and O–H groups in total. The van der Waals surface area contributed by atoms with E-state index in [1.807, 2.05) is 17.0 Å². The average molecular weight is 302 g/mol. The molecule has 4 heteroatoms. The number of amides is 1. The minimum atomic E-state index is 0.00459. The van der Waals surface area contributed by atoms with E-state index in [2.05, 4.69) is 31.4 Å². The van der Waals surface area contributed by atoms with Gasteiger partial charge in [-0.05, 0) is 34.2 Å². The van der Waals surface area contributed by atoms with Crippen molar-refractivity contribution in [3.05, 3.63) is 35.2 Å². The zero-order valence-corrected chi connectivity index (χ0v) is 13.5. The molecule has 112 valence electrons. The third-order valence-electron chi connectivity index (χ3n) is 4.57. The van der Waals surface area contributed by atoms with Gasteiger partial charge in [-0.2, -0.15) is 0 Å². The Hall–Kier alpha value is -1.39. The molecular weight excluding hydrogens is 280 g/mol. The minimum absolute atomic E-state index is 0.00459. The molecule has 3 nitrogen and oxygen atoms in total. The Morgan fingerprint density at radius 2 is 2.19 bits per heavy atom. The molecule has 1 unspecified atom stereocenters. The number of benzene rings is 1. The van der Waals surface area contributed by atoms with Crippen LogP contribution in [0.2, 0.25) is 0 Å². The van der Waals surface area contributed by atoms with E-state index in [-0.39, 0.29) is 17.4 Å². The smallest absolute Gasteiger partial charge is 0.227 e. The predicted molar refractivity (Wildman–Crippen MR) is 88.5 cm³/mol. The van der Waals surface area contributed by atoms with Crippen molar-refractivity contribution in [1.82, 2.24) is 4.90 Å². The summed E-state index contributed by atoms with van der Waals surface area (Å²) in [5, 5.41) is 3.33. The van der Waals surface area contributed by atoms with Gasteiger partial charge in [0.1, 0.15) is 0 Å². The molecule has 2 heterocycles. The van der Waals surface area contributed by atoms with Crippen molar-refractivity contribution in [2.45, 2.75) is 32.7 Å². The van der Waals surface area contributed by atoms with Crippen molar-refractivity contribution in [2.75, 3.05) is 13.1 Å². The zero-order valence-electron chi connectivity index (χ0n) is 12.6. The second-order valence-electron chi connectivity index (χ2n) is 6.63. The summed E-state index contributed by atoms with van der Waals surface area (Å²) in [5.41, 5.74) is 7.30. The molecule has 1 aliphatic rings. The highest BCUT2D eigenvalue weighted by Gasteiger charge is 2.35. The normalized spacial score (nSPS) is 21.7. The Morgan fingerprint density at radius 1 is 1.43 bits per heavy atom. The highest BCUT2D eigenvalue weighted by atomic mass is 32.1. The number of likely N-dealkylation sites (tertiary alicyclic amines) is 1. The molecule has 1 atom stereocenters. The standard InChI is InChI=1S/C17H22N2OS/c1-17(2)11-19(8-7-15(17)18)16(20)9-12-10-21-14-6-4-3-5-13(12)14/h3-6,10,15H,7-9,11,18H2,1-2H3. The Bertz CT molecular complexity index is 662. The predicted octanol–water partition coefficient (Wildman–Crippen LogP) is 3.03. The van der Waals surface area contributed by atoms with Gasteiger partial charge in [-0.15, -0.1) is 11.3 Å². The molecule has 0 spiro atoms. The number of piperidine rings is 1. The van der Waals surface area contributed by atoms with E-state index < -0.39 is 0 Å². The lowest BCUT2D eigenvalue weighted by atomic mass is 9.79. The van der Waals surface area contributed by atoms with Gasteiger partial charge in [0.15, 0.2) is 0 Å². The van der Waals surface area contributed by atoms with Crippen molar-refractivity contribution in [3.63, 3.8) is 0 Å². The van der Waals surface area contributed by atoms with Crippen molar-refractivity contribution in [1.29, 1.82) is 0 Å². The molecule has 1 saturated heterocycles. The average Bonchev–Trinajstić information content (AvgIpc) is 2.85. The lowest BCUT2D eigenvalue weighted by Crippen LogP contribution is -2.54. The van der Waals surface area contributed by atoms with E-state index in [9.17, 15) is 4.79 Å². The van der Waals surface area contributed by atoms with Gasteiger partial charge in [0.2, 0.25) is 5.91 Å². The van der Waals surface area contributed by atoms with E-state index in [0.717, 1.165) is 25.1 Å². The number of hydrogen-bond donors (Lipinski definition) is 1. The molecule has 2 aromatic rings. The van der Waals surface area contributed by atoms with Crippen LogP contribution in [0.5, 0.6) is 0 Å². The van der Waals surface area contributed by atoms with Gasteiger partial charge in [-0.1, -0.05) is 32.0 Å². The van der Waals surface area contributed by atoms with Crippen LogP contribution < -0.4 is 5.73 Å². The molecule has 1 aromatic carbocycles. The van der Waals surface area contributed by atoms with Crippen LogP contribution in [0.1, 0.15) is 25.8 Å². The van der Waals surface area contributed by atoms with E-state index in [0.29, 0.717) is 6.42 Å². The topological polar surface area (TPSA) is 46.3 Å². The fourth-order valence-corrected chi connectivity index (χ4v) is 3.99. The number of fused-ring (bicyclic) bond motifs is 1. The van der Waals surface area contributed by atoms with Crippen molar-refractivity contribution in [2.24, 2.45) is 11.1 Å². The maximum atomic E-state index is 12.6. The van der Waals surface area contributed by atoms with Crippen molar-refractivity contribution < 1.29 is 4.79 Å². The first-order chi connectivity index (χ1) is 9.97. The summed E-state index contributed by atoms with van der Waals surface area (Å²) in [6.07, 6.45) is 1.39. The maximum absolute atomic E-state index is 12.6. The molecule has 3 rings (SSSR count). The van der Waals surface area contributed by atoms with E-state index in [4.69, 9.17) is 5.73 Å². The van der Waals surface area contributed by atoms with Crippen LogP contribution in [0.15, 0.2) is 29.6 Å². The molecule has 1 aromatic heterocycles. The quantitative estimate of drug-likeness (QED) is 0.927. The van der Waals surface area contributed by atoms with Gasteiger partial charge in [-0.3, -0.25) is 4.79 Å². The maximum Gasteiger partial charge on any atom is 0.227 e. The molecule has 1 aliphatic heterocycles. The van der Waals surface area contributed by atoms with Crippen molar-refractivity contribution >= 4 is 27.3 Å². The largest absolute Gasteiger partial charge is 0.342 e. The monoisotopic (exact) mass is 302 g/mol. The molecule has 0 aliphatic carbocycles. The molecule has 1 amide bonds. The Kier molecular flexibility index (Phi) is 3.76. The number of thiophene rings is 1. The van der Waals surface area contributed by atoms with Crippen LogP contribution in [-0.4, -0.2) is 29.9 Å². The van der Waals surface area contributed by atoms with Crippen LogP contribution in [0.3, 0.4) is 0 Å². The van der Waals surface area contributed by atoms with Crippen LogP contribution in [0.25, 0.3) is 10.1 Å². The van der Waals surface area contributed by atoms with Gasteiger partial charge < -0.3 is 10.6 Å².